The molecule has 0 atom stereocenters. The molecule has 0 bridgehead atoms. The number of aryl methyl sites for hydroxylation is 1. The van der Waals surface area contributed by atoms with Crippen molar-refractivity contribution in [3.63, 3.8) is 0 Å². The van der Waals surface area contributed by atoms with Gasteiger partial charge in [0.05, 0.1) is 11.4 Å². The first-order valence-electron chi connectivity index (χ1n) is 8.97. The Morgan fingerprint density at radius 2 is 1.79 bits per heavy atom. The Morgan fingerprint density at radius 3 is 2.46 bits per heavy atom. The normalized spacial score (nSPS) is 13.5. The minimum atomic E-state index is 0. The largest absolute Gasteiger partial charge is 0.508 e. The van der Waals surface area contributed by atoms with Crippen LogP contribution in [0.1, 0.15) is 22.7 Å². The molecule has 2 heterocycles. The lowest BCUT2D eigenvalue weighted by Gasteiger charge is -2.10. The van der Waals surface area contributed by atoms with E-state index in [1.807, 2.05) is 23.7 Å². The van der Waals surface area contributed by atoms with Gasteiger partial charge in [0.25, 0.3) is 0 Å². The number of aromatic nitrogens is 4. The van der Waals surface area contributed by atoms with Crippen LogP contribution in [0, 0.1) is 6.92 Å². The number of fused-ring (bicyclic) bond motifs is 2. The zero-order valence-corrected chi connectivity index (χ0v) is 16.1. The highest BCUT2D eigenvalue weighted by molar-refractivity contribution is 5.98. The predicted molar refractivity (Wildman–Crippen MR) is 112 cm³/mol. The molecule has 0 saturated heterocycles. The number of aromatic hydroxyl groups is 1. The van der Waals surface area contributed by atoms with Crippen LogP contribution in [0.2, 0.25) is 0 Å². The van der Waals surface area contributed by atoms with Crippen molar-refractivity contribution in [2.24, 2.45) is 0 Å². The first-order valence-corrected chi connectivity index (χ1v) is 8.97. The molecule has 1 aliphatic rings. The molecule has 28 heavy (non-hydrogen) atoms. The second-order valence-electron chi connectivity index (χ2n) is 7.08. The molecule has 0 amide bonds. The van der Waals surface area contributed by atoms with Crippen LogP contribution in [0.4, 0.5) is 5.82 Å². The number of rotatable bonds is 2. The van der Waals surface area contributed by atoms with E-state index in [-0.39, 0.29) is 24.2 Å². The molecular formula is C21H20ClN5O. The topological polar surface area (TPSA) is 89.9 Å². The fourth-order valence-corrected chi connectivity index (χ4v) is 3.92. The Labute approximate surface area is 168 Å². The van der Waals surface area contributed by atoms with E-state index in [0.29, 0.717) is 11.5 Å². The molecule has 7 heteroatoms. The van der Waals surface area contributed by atoms with E-state index >= 15 is 0 Å². The molecule has 4 aromatic rings. The second kappa shape index (κ2) is 6.80. The van der Waals surface area contributed by atoms with Gasteiger partial charge >= 0.3 is 0 Å². The molecule has 0 spiro atoms. The monoisotopic (exact) mass is 393 g/mol. The quantitative estimate of drug-likeness (QED) is 0.539. The van der Waals surface area contributed by atoms with E-state index in [1.54, 1.807) is 6.07 Å². The summed E-state index contributed by atoms with van der Waals surface area (Å²) in [4.78, 5) is 8.65. The van der Waals surface area contributed by atoms with Gasteiger partial charge < -0.3 is 10.8 Å². The minimum Gasteiger partial charge on any atom is -0.508 e. The van der Waals surface area contributed by atoms with Gasteiger partial charge in [0.1, 0.15) is 23.6 Å². The van der Waals surface area contributed by atoms with Crippen LogP contribution < -0.4 is 5.73 Å². The highest BCUT2D eigenvalue weighted by atomic mass is 35.5. The molecule has 0 aliphatic heterocycles. The molecule has 1 aliphatic carbocycles. The van der Waals surface area contributed by atoms with E-state index in [4.69, 9.17) is 10.8 Å². The van der Waals surface area contributed by atoms with Gasteiger partial charge in [0.2, 0.25) is 0 Å². The average Bonchev–Trinajstić information content (AvgIpc) is 3.26. The number of nitrogen functional groups attached to an aromatic ring is 1. The molecule has 0 radical (unpaired) electrons. The molecule has 142 valence electrons. The first-order chi connectivity index (χ1) is 13.1. The lowest BCUT2D eigenvalue weighted by Crippen LogP contribution is -2.11. The van der Waals surface area contributed by atoms with Crippen molar-refractivity contribution in [1.82, 2.24) is 19.7 Å². The maximum absolute atomic E-state index is 10.1. The third-order valence-electron chi connectivity index (χ3n) is 5.38. The highest BCUT2D eigenvalue weighted by Gasteiger charge is 2.27. The summed E-state index contributed by atoms with van der Waals surface area (Å²) in [6.45, 7) is 1.86. The van der Waals surface area contributed by atoms with E-state index in [1.165, 1.54) is 17.5 Å². The zero-order chi connectivity index (χ0) is 18.5. The van der Waals surface area contributed by atoms with Gasteiger partial charge in [-0.25, -0.2) is 14.6 Å². The van der Waals surface area contributed by atoms with Gasteiger partial charge in [-0.05, 0) is 42.5 Å². The zero-order valence-electron chi connectivity index (χ0n) is 15.3. The van der Waals surface area contributed by atoms with Crippen LogP contribution in [0.3, 0.4) is 0 Å². The number of benzene rings is 2. The highest BCUT2D eigenvalue weighted by Crippen LogP contribution is 2.37. The number of phenolic OH excluding ortho intramolecular Hbond substituents is 1. The third-order valence-corrected chi connectivity index (χ3v) is 5.38. The number of hydrogen-bond acceptors (Lipinski definition) is 5. The number of anilines is 1. The summed E-state index contributed by atoms with van der Waals surface area (Å²) in [7, 11) is 0. The molecule has 3 N–H and O–H groups in total. The van der Waals surface area contributed by atoms with Crippen LogP contribution in [-0.2, 0) is 12.8 Å². The molecule has 2 aromatic carbocycles. The van der Waals surface area contributed by atoms with Gasteiger partial charge in [-0.1, -0.05) is 36.4 Å². The van der Waals surface area contributed by atoms with Gasteiger partial charge in [-0.3, -0.25) is 0 Å². The van der Waals surface area contributed by atoms with E-state index in [9.17, 15) is 5.11 Å². The number of nitrogens with zero attached hydrogens (tertiary/aromatic N) is 4. The lowest BCUT2D eigenvalue weighted by molar-refractivity contribution is 0.471. The summed E-state index contributed by atoms with van der Waals surface area (Å²) in [5.74, 6) is 0.635. The van der Waals surface area contributed by atoms with Crippen molar-refractivity contribution in [3.05, 3.63) is 65.5 Å². The third kappa shape index (κ3) is 2.77. The Morgan fingerprint density at radius 1 is 1.07 bits per heavy atom. The Kier molecular flexibility index (Phi) is 4.43. The Balaban J connectivity index is 0.00000192. The molecule has 0 unspecified atom stereocenters. The van der Waals surface area contributed by atoms with Crippen molar-refractivity contribution >= 4 is 29.3 Å². The van der Waals surface area contributed by atoms with E-state index < -0.39 is 0 Å². The summed E-state index contributed by atoms with van der Waals surface area (Å²) in [5.41, 5.74) is 11.9. The molecule has 5 rings (SSSR count). The standard InChI is InChI=1S/C21H19N5O.ClH/c1-12-6-7-15(10-17(12)27)19-18-20(22)23-11-24-21(18)26(25-19)16-8-13-4-2-3-5-14(13)9-16;/h2-7,10-11,16,27H,8-9H2,1H3,(H2,22,23,24);1H. The van der Waals surface area contributed by atoms with Crippen molar-refractivity contribution in [2.45, 2.75) is 25.8 Å². The summed E-state index contributed by atoms with van der Waals surface area (Å²) in [5, 5.41) is 15.8. The Hall–Kier alpha value is -3.12. The fraction of sp³-hybridized carbons (Fsp3) is 0.190. The smallest absolute Gasteiger partial charge is 0.164 e. The van der Waals surface area contributed by atoms with Crippen LogP contribution in [0.15, 0.2) is 48.8 Å². The number of nitrogens with two attached hydrogens (primary N) is 1. The Bertz CT molecular complexity index is 1160. The van der Waals surface area contributed by atoms with Crippen LogP contribution in [0.5, 0.6) is 5.75 Å². The van der Waals surface area contributed by atoms with Gasteiger partial charge in [-0.15, -0.1) is 12.4 Å². The van der Waals surface area contributed by atoms with Crippen molar-refractivity contribution in [3.8, 4) is 17.0 Å². The summed E-state index contributed by atoms with van der Waals surface area (Å²) >= 11 is 0. The lowest BCUT2D eigenvalue weighted by atomic mass is 10.1. The summed E-state index contributed by atoms with van der Waals surface area (Å²) in [6, 6.07) is 14.2. The molecule has 0 fully saturated rings. The maximum Gasteiger partial charge on any atom is 0.164 e. The molecule has 6 nitrogen and oxygen atoms in total. The molecule has 2 aromatic heterocycles. The first kappa shape index (κ1) is 18.3. The molecule has 0 saturated carbocycles. The maximum atomic E-state index is 10.1. The summed E-state index contributed by atoms with van der Waals surface area (Å²) in [6.07, 6.45) is 3.30. The number of phenols is 1. The van der Waals surface area contributed by atoms with Crippen molar-refractivity contribution < 1.29 is 5.11 Å². The van der Waals surface area contributed by atoms with E-state index in [2.05, 4.69) is 34.2 Å². The minimum absolute atomic E-state index is 0. The average molecular weight is 394 g/mol. The van der Waals surface area contributed by atoms with Crippen LogP contribution in [-0.4, -0.2) is 24.9 Å². The number of hydrogen-bond donors (Lipinski definition) is 2. The van der Waals surface area contributed by atoms with Crippen molar-refractivity contribution in [2.75, 3.05) is 5.73 Å². The van der Waals surface area contributed by atoms with E-state index in [0.717, 1.165) is 35.0 Å². The second-order valence-corrected chi connectivity index (χ2v) is 7.08. The summed E-state index contributed by atoms with van der Waals surface area (Å²) < 4.78 is 1.97. The molecular weight excluding hydrogens is 374 g/mol. The SMILES string of the molecule is Cc1ccc(-c2nn(C3Cc4ccccc4C3)c3ncnc(N)c23)cc1O.Cl. The predicted octanol–water partition coefficient (Wildman–Crippen LogP) is 3.85. The van der Waals surface area contributed by atoms with Gasteiger partial charge in [0.15, 0.2) is 5.65 Å². The van der Waals surface area contributed by atoms with Gasteiger partial charge in [-0.2, -0.15) is 5.10 Å². The van der Waals surface area contributed by atoms with Crippen LogP contribution >= 0.6 is 12.4 Å². The number of halogens is 1. The van der Waals surface area contributed by atoms with Crippen LogP contribution in [0.25, 0.3) is 22.3 Å². The van der Waals surface area contributed by atoms with Crippen molar-refractivity contribution in [1.29, 1.82) is 0 Å². The van der Waals surface area contributed by atoms with Gasteiger partial charge in [0, 0.05) is 5.56 Å². The fourth-order valence-electron chi connectivity index (χ4n) is 3.92.